The van der Waals surface area contributed by atoms with Crippen LogP contribution < -0.4 is 0 Å². The van der Waals surface area contributed by atoms with E-state index in [0.29, 0.717) is 25.3 Å². The summed E-state index contributed by atoms with van der Waals surface area (Å²) in [6, 6.07) is 0. The summed E-state index contributed by atoms with van der Waals surface area (Å²) in [6.07, 6.45) is 4.41. The quantitative estimate of drug-likeness (QED) is 0.769. The predicted octanol–water partition coefficient (Wildman–Crippen LogP) is 2.56. The van der Waals surface area contributed by atoms with Crippen molar-refractivity contribution in [3.8, 4) is 0 Å². The molecule has 1 saturated carbocycles. The van der Waals surface area contributed by atoms with Crippen LogP contribution in [-0.4, -0.2) is 29.0 Å². The minimum Gasteiger partial charge on any atom is -0.300 e. The number of hydrogen-bond acceptors (Lipinski definition) is 3. The number of rotatable bonds is 5. The van der Waals surface area contributed by atoms with Gasteiger partial charge in [0.05, 0.1) is 0 Å². The zero-order valence-electron chi connectivity index (χ0n) is 12.3. The molecule has 108 valence electrons. The van der Waals surface area contributed by atoms with Gasteiger partial charge in [-0.3, -0.25) is 19.3 Å². The van der Waals surface area contributed by atoms with Crippen LogP contribution in [0, 0.1) is 11.8 Å². The van der Waals surface area contributed by atoms with Gasteiger partial charge in [0.15, 0.2) is 0 Å². The first-order valence-electron chi connectivity index (χ1n) is 7.33. The van der Waals surface area contributed by atoms with Crippen molar-refractivity contribution in [3.63, 3.8) is 0 Å². The van der Waals surface area contributed by atoms with Gasteiger partial charge >= 0.3 is 0 Å². The Morgan fingerprint density at radius 1 is 0.947 bits per heavy atom. The lowest BCUT2D eigenvalue weighted by Crippen LogP contribution is -2.40. The number of Topliss-reactive ketones (excluding diaryl/α,β-unsaturated/α-hetero) is 1. The van der Waals surface area contributed by atoms with Crippen molar-refractivity contribution in [3.05, 3.63) is 0 Å². The highest BCUT2D eigenvalue weighted by atomic mass is 16.2. The molecule has 0 aliphatic heterocycles. The Labute approximate surface area is 115 Å². The molecular weight excluding hydrogens is 242 g/mol. The van der Waals surface area contributed by atoms with Crippen molar-refractivity contribution in [2.75, 3.05) is 6.54 Å². The molecule has 0 atom stereocenters. The Morgan fingerprint density at radius 2 is 1.42 bits per heavy atom. The molecule has 1 rings (SSSR count). The molecule has 2 amide bonds. The second-order valence-corrected chi connectivity index (χ2v) is 5.43. The summed E-state index contributed by atoms with van der Waals surface area (Å²) < 4.78 is 0. The average molecular weight is 267 g/mol. The van der Waals surface area contributed by atoms with E-state index < -0.39 is 0 Å². The van der Waals surface area contributed by atoms with Gasteiger partial charge < -0.3 is 0 Å². The molecular formula is C15H25NO3. The van der Waals surface area contributed by atoms with E-state index >= 15 is 0 Å². The Morgan fingerprint density at radius 3 is 1.79 bits per heavy atom. The molecule has 0 radical (unpaired) electrons. The molecule has 19 heavy (non-hydrogen) atoms. The van der Waals surface area contributed by atoms with Gasteiger partial charge in [0.1, 0.15) is 5.78 Å². The molecule has 0 bridgehead atoms. The summed E-state index contributed by atoms with van der Waals surface area (Å²) in [6.45, 7) is 5.75. The number of ketones is 1. The maximum Gasteiger partial charge on any atom is 0.228 e. The van der Waals surface area contributed by atoms with E-state index in [0.717, 1.165) is 25.7 Å². The van der Waals surface area contributed by atoms with E-state index in [1.807, 2.05) is 0 Å². The van der Waals surface area contributed by atoms with Crippen molar-refractivity contribution >= 4 is 17.6 Å². The van der Waals surface area contributed by atoms with E-state index in [1.165, 1.54) is 4.90 Å². The summed E-state index contributed by atoms with van der Waals surface area (Å²) in [5, 5.41) is 0. The second kappa shape index (κ2) is 7.41. The summed E-state index contributed by atoms with van der Waals surface area (Å²) in [5.41, 5.74) is 0. The monoisotopic (exact) mass is 267 g/mol. The Balaban J connectivity index is 2.54. The topological polar surface area (TPSA) is 54.5 Å². The van der Waals surface area contributed by atoms with Crippen LogP contribution in [0.2, 0.25) is 0 Å². The van der Waals surface area contributed by atoms with Gasteiger partial charge in [-0.15, -0.1) is 0 Å². The summed E-state index contributed by atoms with van der Waals surface area (Å²) in [4.78, 5) is 36.4. The maximum atomic E-state index is 11.8. The first-order chi connectivity index (χ1) is 8.99. The third kappa shape index (κ3) is 4.44. The first kappa shape index (κ1) is 15.9. The third-order valence-electron chi connectivity index (χ3n) is 4.07. The lowest BCUT2D eigenvalue weighted by molar-refractivity contribution is -0.145. The minimum atomic E-state index is -0.0828. The van der Waals surface area contributed by atoms with Gasteiger partial charge in [-0.05, 0) is 38.5 Å². The first-order valence-corrected chi connectivity index (χ1v) is 7.33. The molecule has 0 aromatic heterocycles. The number of amides is 2. The van der Waals surface area contributed by atoms with Crippen LogP contribution >= 0.6 is 0 Å². The molecule has 1 aliphatic rings. The van der Waals surface area contributed by atoms with Crippen molar-refractivity contribution < 1.29 is 14.4 Å². The molecule has 4 heteroatoms. The number of carbonyl (C=O) groups is 3. The zero-order valence-corrected chi connectivity index (χ0v) is 12.3. The normalized spacial score (nSPS) is 22.9. The smallest absolute Gasteiger partial charge is 0.228 e. The van der Waals surface area contributed by atoms with Crippen LogP contribution in [0.4, 0.5) is 0 Å². The summed E-state index contributed by atoms with van der Waals surface area (Å²) >= 11 is 0. The maximum absolute atomic E-state index is 11.8. The van der Waals surface area contributed by atoms with Gasteiger partial charge in [0.25, 0.3) is 0 Å². The second-order valence-electron chi connectivity index (χ2n) is 5.43. The Hall–Kier alpha value is -1.19. The van der Waals surface area contributed by atoms with Crippen molar-refractivity contribution in [1.29, 1.82) is 0 Å². The van der Waals surface area contributed by atoms with Crippen LogP contribution in [0.15, 0.2) is 0 Å². The molecule has 0 aromatic rings. The minimum absolute atomic E-state index is 0.0828. The Kier molecular flexibility index (Phi) is 6.19. The van der Waals surface area contributed by atoms with Crippen molar-refractivity contribution in [2.24, 2.45) is 11.8 Å². The SMILES string of the molecule is CCC(=O)N(CC1CCC(C(C)=O)CC1)C(=O)CC. The predicted molar refractivity (Wildman–Crippen MR) is 73.4 cm³/mol. The molecule has 0 N–H and O–H groups in total. The van der Waals surface area contributed by atoms with Crippen LogP contribution in [0.25, 0.3) is 0 Å². The highest BCUT2D eigenvalue weighted by Crippen LogP contribution is 2.30. The zero-order chi connectivity index (χ0) is 14.4. The number of nitrogens with zero attached hydrogens (tertiary/aromatic N) is 1. The Bertz CT molecular complexity index is 327. The molecule has 0 unspecified atom stereocenters. The fourth-order valence-electron chi connectivity index (χ4n) is 2.73. The van der Waals surface area contributed by atoms with Gasteiger partial charge in [-0.2, -0.15) is 0 Å². The van der Waals surface area contributed by atoms with E-state index in [-0.39, 0.29) is 23.5 Å². The lowest BCUT2D eigenvalue weighted by Gasteiger charge is -2.31. The highest BCUT2D eigenvalue weighted by molar-refractivity contribution is 5.95. The molecule has 1 fully saturated rings. The molecule has 0 heterocycles. The van der Waals surface area contributed by atoms with Crippen LogP contribution in [0.5, 0.6) is 0 Å². The number of hydrogen-bond donors (Lipinski definition) is 0. The van der Waals surface area contributed by atoms with Crippen LogP contribution in [0.1, 0.15) is 59.3 Å². The number of imide groups is 1. The van der Waals surface area contributed by atoms with E-state index in [2.05, 4.69) is 0 Å². The average Bonchev–Trinajstić information content (AvgIpc) is 2.43. The van der Waals surface area contributed by atoms with Crippen molar-refractivity contribution in [2.45, 2.75) is 59.3 Å². The van der Waals surface area contributed by atoms with Crippen LogP contribution in [-0.2, 0) is 14.4 Å². The van der Waals surface area contributed by atoms with E-state index in [4.69, 9.17) is 0 Å². The van der Waals surface area contributed by atoms with Gasteiger partial charge in [-0.25, -0.2) is 0 Å². The largest absolute Gasteiger partial charge is 0.300 e. The third-order valence-corrected chi connectivity index (χ3v) is 4.07. The van der Waals surface area contributed by atoms with Crippen molar-refractivity contribution in [1.82, 2.24) is 4.90 Å². The number of carbonyl (C=O) groups excluding carboxylic acids is 3. The highest BCUT2D eigenvalue weighted by Gasteiger charge is 2.28. The van der Waals surface area contributed by atoms with Crippen LogP contribution in [0.3, 0.4) is 0 Å². The fourth-order valence-corrected chi connectivity index (χ4v) is 2.73. The molecule has 0 aromatic carbocycles. The summed E-state index contributed by atoms with van der Waals surface area (Å²) in [5.74, 6) is 0.653. The fraction of sp³-hybridized carbons (Fsp3) is 0.800. The molecule has 0 saturated heterocycles. The van der Waals surface area contributed by atoms with Gasteiger partial charge in [-0.1, -0.05) is 13.8 Å². The standard InChI is InChI=1S/C15H25NO3/c1-4-14(18)16(15(19)5-2)10-12-6-8-13(9-7-12)11(3)17/h12-13H,4-10H2,1-3H3. The molecule has 1 aliphatic carbocycles. The molecule has 4 nitrogen and oxygen atoms in total. The van der Waals surface area contributed by atoms with Gasteiger partial charge in [0.2, 0.25) is 11.8 Å². The molecule has 0 spiro atoms. The van der Waals surface area contributed by atoms with Gasteiger partial charge in [0, 0.05) is 25.3 Å². The van der Waals surface area contributed by atoms with E-state index in [1.54, 1.807) is 20.8 Å². The lowest BCUT2D eigenvalue weighted by atomic mass is 9.80. The summed E-state index contributed by atoms with van der Waals surface area (Å²) in [7, 11) is 0. The van der Waals surface area contributed by atoms with E-state index in [9.17, 15) is 14.4 Å².